The summed E-state index contributed by atoms with van der Waals surface area (Å²) < 4.78 is 16.8. The molecule has 0 unspecified atom stereocenters. The van der Waals surface area contributed by atoms with Crippen LogP contribution in [0.1, 0.15) is 29.5 Å². The first-order chi connectivity index (χ1) is 14.5. The predicted molar refractivity (Wildman–Crippen MR) is 119 cm³/mol. The maximum absolute atomic E-state index is 12.0. The molecule has 0 bridgehead atoms. The van der Waals surface area contributed by atoms with Crippen molar-refractivity contribution in [2.45, 2.75) is 33.3 Å². The molecular weight excluding hydrogens is 400 g/mol. The minimum Gasteiger partial charge on any atom is -0.494 e. The van der Waals surface area contributed by atoms with Crippen molar-refractivity contribution in [3.8, 4) is 17.2 Å². The highest BCUT2D eigenvalue weighted by molar-refractivity contribution is 6.32. The Morgan fingerprint density at radius 1 is 0.833 bits per heavy atom. The lowest BCUT2D eigenvalue weighted by atomic mass is 10.1. The number of aryl methyl sites for hydroxylation is 2. The van der Waals surface area contributed by atoms with E-state index in [0.717, 1.165) is 33.2 Å². The van der Waals surface area contributed by atoms with Crippen molar-refractivity contribution in [3.05, 3.63) is 88.4 Å². The van der Waals surface area contributed by atoms with E-state index in [1.54, 1.807) is 24.3 Å². The Morgan fingerprint density at radius 2 is 1.47 bits per heavy atom. The van der Waals surface area contributed by atoms with Crippen LogP contribution in [-0.4, -0.2) is 12.6 Å². The summed E-state index contributed by atoms with van der Waals surface area (Å²) in [5.41, 5.74) is 3.05. The highest BCUT2D eigenvalue weighted by atomic mass is 35.5. The van der Waals surface area contributed by atoms with Crippen molar-refractivity contribution < 1.29 is 19.0 Å². The lowest BCUT2D eigenvalue weighted by Crippen LogP contribution is -2.10. The summed E-state index contributed by atoms with van der Waals surface area (Å²) in [4.78, 5) is 12.0. The number of hydrogen-bond donors (Lipinski definition) is 0. The number of carbonyl (C=O) groups is 1. The molecule has 0 radical (unpaired) electrons. The van der Waals surface area contributed by atoms with Gasteiger partial charge in [0.1, 0.15) is 23.9 Å². The molecule has 3 rings (SSSR count). The third-order valence-corrected chi connectivity index (χ3v) is 5.10. The van der Waals surface area contributed by atoms with E-state index in [0.29, 0.717) is 25.4 Å². The van der Waals surface area contributed by atoms with Gasteiger partial charge in [-0.15, -0.1) is 0 Å². The van der Waals surface area contributed by atoms with Crippen LogP contribution in [0.2, 0.25) is 5.02 Å². The van der Waals surface area contributed by atoms with Crippen molar-refractivity contribution in [1.82, 2.24) is 0 Å². The van der Waals surface area contributed by atoms with E-state index in [4.69, 9.17) is 25.8 Å². The molecular formula is C25H25ClO4. The first kappa shape index (κ1) is 21.7. The van der Waals surface area contributed by atoms with Crippen LogP contribution in [0.4, 0.5) is 0 Å². The molecule has 3 aromatic carbocycles. The summed E-state index contributed by atoms with van der Waals surface area (Å²) in [6.07, 6.45) is 0.843. The summed E-state index contributed by atoms with van der Waals surface area (Å²) >= 11 is 6.16. The van der Waals surface area contributed by atoms with Gasteiger partial charge in [-0.1, -0.05) is 41.9 Å². The average Bonchev–Trinajstić information content (AvgIpc) is 2.75. The SMILES string of the molecule is Cc1cc(OCCCC(=O)Oc2ccc(OCc3ccccc3)cc2)cc(C)c1Cl. The van der Waals surface area contributed by atoms with Gasteiger partial charge in [0, 0.05) is 11.4 Å². The Kier molecular flexibility index (Phi) is 7.75. The van der Waals surface area contributed by atoms with Gasteiger partial charge < -0.3 is 14.2 Å². The van der Waals surface area contributed by atoms with E-state index >= 15 is 0 Å². The van der Waals surface area contributed by atoms with Crippen LogP contribution >= 0.6 is 11.6 Å². The first-order valence-electron chi connectivity index (χ1n) is 9.88. The smallest absolute Gasteiger partial charge is 0.311 e. The molecule has 0 spiro atoms. The molecule has 0 fully saturated rings. The van der Waals surface area contributed by atoms with Crippen LogP contribution in [0.15, 0.2) is 66.7 Å². The predicted octanol–water partition coefficient (Wildman–Crippen LogP) is 6.30. The highest BCUT2D eigenvalue weighted by Gasteiger charge is 2.07. The second-order valence-corrected chi connectivity index (χ2v) is 7.42. The van der Waals surface area contributed by atoms with Gasteiger partial charge in [0.2, 0.25) is 0 Å². The number of esters is 1. The fourth-order valence-electron chi connectivity index (χ4n) is 2.92. The van der Waals surface area contributed by atoms with E-state index in [2.05, 4.69) is 0 Å². The number of hydrogen-bond acceptors (Lipinski definition) is 4. The fourth-order valence-corrected chi connectivity index (χ4v) is 3.03. The van der Waals surface area contributed by atoms with E-state index < -0.39 is 0 Å². The van der Waals surface area contributed by atoms with E-state index in [-0.39, 0.29) is 12.4 Å². The number of benzene rings is 3. The lowest BCUT2D eigenvalue weighted by molar-refractivity contribution is -0.134. The molecule has 0 aliphatic heterocycles. The van der Waals surface area contributed by atoms with Crippen LogP contribution in [0.3, 0.4) is 0 Å². The quantitative estimate of drug-likeness (QED) is 0.229. The summed E-state index contributed by atoms with van der Waals surface area (Å²) in [5, 5.41) is 0.752. The number of carbonyl (C=O) groups excluding carboxylic acids is 1. The van der Waals surface area contributed by atoms with Crippen LogP contribution in [-0.2, 0) is 11.4 Å². The zero-order valence-electron chi connectivity index (χ0n) is 17.2. The van der Waals surface area contributed by atoms with Crippen molar-refractivity contribution in [1.29, 1.82) is 0 Å². The van der Waals surface area contributed by atoms with E-state index in [1.807, 2.05) is 56.3 Å². The van der Waals surface area contributed by atoms with Gasteiger partial charge in [-0.25, -0.2) is 0 Å². The Morgan fingerprint density at radius 3 is 2.13 bits per heavy atom. The Labute approximate surface area is 182 Å². The fraction of sp³-hybridized carbons (Fsp3) is 0.240. The topological polar surface area (TPSA) is 44.8 Å². The molecule has 0 N–H and O–H groups in total. The minimum atomic E-state index is -0.292. The molecule has 0 atom stereocenters. The zero-order chi connectivity index (χ0) is 21.3. The maximum Gasteiger partial charge on any atom is 0.311 e. The number of ether oxygens (including phenoxy) is 3. The average molecular weight is 425 g/mol. The number of rotatable bonds is 9. The highest BCUT2D eigenvalue weighted by Crippen LogP contribution is 2.26. The number of halogens is 1. The van der Waals surface area contributed by atoms with Gasteiger partial charge in [0.15, 0.2) is 0 Å². The van der Waals surface area contributed by atoms with E-state index in [9.17, 15) is 4.79 Å². The minimum absolute atomic E-state index is 0.276. The van der Waals surface area contributed by atoms with Gasteiger partial charge in [0.05, 0.1) is 6.61 Å². The molecule has 156 valence electrons. The Hall–Kier alpha value is -2.98. The van der Waals surface area contributed by atoms with Crippen LogP contribution in [0, 0.1) is 13.8 Å². The standard InChI is InChI=1S/C25H25ClO4/c1-18-15-23(16-19(2)25(18)26)28-14-6-9-24(27)30-22-12-10-21(11-13-22)29-17-20-7-4-3-5-8-20/h3-5,7-8,10-13,15-16H,6,9,14,17H2,1-2H3. The van der Waals surface area contributed by atoms with Crippen LogP contribution in [0.25, 0.3) is 0 Å². The molecule has 0 aliphatic carbocycles. The normalized spacial score (nSPS) is 10.5. The molecule has 30 heavy (non-hydrogen) atoms. The van der Waals surface area contributed by atoms with Crippen LogP contribution < -0.4 is 14.2 Å². The van der Waals surface area contributed by atoms with Crippen molar-refractivity contribution >= 4 is 17.6 Å². The third kappa shape index (κ3) is 6.53. The first-order valence-corrected chi connectivity index (χ1v) is 10.3. The molecule has 0 aliphatic rings. The second-order valence-electron chi connectivity index (χ2n) is 7.04. The largest absolute Gasteiger partial charge is 0.494 e. The van der Waals surface area contributed by atoms with Crippen molar-refractivity contribution in [2.75, 3.05) is 6.61 Å². The third-order valence-electron chi connectivity index (χ3n) is 4.51. The molecule has 0 saturated heterocycles. The molecule has 0 heterocycles. The second kappa shape index (κ2) is 10.7. The molecule has 5 heteroatoms. The Bertz CT molecular complexity index is 945. The molecule has 3 aromatic rings. The van der Waals surface area contributed by atoms with Crippen LogP contribution in [0.5, 0.6) is 17.2 Å². The monoisotopic (exact) mass is 424 g/mol. The lowest BCUT2D eigenvalue weighted by Gasteiger charge is -2.10. The summed E-state index contributed by atoms with van der Waals surface area (Å²) in [7, 11) is 0. The summed E-state index contributed by atoms with van der Waals surface area (Å²) in [6.45, 7) is 4.81. The summed E-state index contributed by atoms with van der Waals surface area (Å²) in [6, 6.07) is 20.8. The molecule has 0 amide bonds. The van der Waals surface area contributed by atoms with E-state index in [1.165, 1.54) is 0 Å². The summed E-state index contributed by atoms with van der Waals surface area (Å²) in [5.74, 6) is 1.69. The zero-order valence-corrected chi connectivity index (χ0v) is 17.9. The molecule has 0 saturated carbocycles. The van der Waals surface area contributed by atoms with Crippen molar-refractivity contribution in [2.24, 2.45) is 0 Å². The Balaban J connectivity index is 1.38. The van der Waals surface area contributed by atoms with Gasteiger partial charge in [-0.05, 0) is 73.4 Å². The van der Waals surface area contributed by atoms with Gasteiger partial charge in [-0.3, -0.25) is 4.79 Å². The van der Waals surface area contributed by atoms with Gasteiger partial charge >= 0.3 is 5.97 Å². The van der Waals surface area contributed by atoms with Gasteiger partial charge in [0.25, 0.3) is 0 Å². The maximum atomic E-state index is 12.0. The van der Waals surface area contributed by atoms with Gasteiger partial charge in [-0.2, -0.15) is 0 Å². The molecule has 4 nitrogen and oxygen atoms in total. The molecule has 0 aromatic heterocycles. The van der Waals surface area contributed by atoms with Crippen molar-refractivity contribution in [3.63, 3.8) is 0 Å².